The summed E-state index contributed by atoms with van der Waals surface area (Å²) >= 11 is 0. The number of methoxy groups -OCH3 is 1. The molecule has 0 atom stereocenters. The summed E-state index contributed by atoms with van der Waals surface area (Å²) in [6.45, 7) is 5.19. The van der Waals surface area contributed by atoms with E-state index in [4.69, 9.17) is 14.2 Å². The largest absolute Gasteiger partial charge is 0.481 e. The number of ether oxygens (including phenoxy) is 3. The minimum Gasteiger partial charge on any atom is -0.481 e. The predicted molar refractivity (Wildman–Crippen MR) is 137 cm³/mol. The topological polar surface area (TPSA) is 140 Å². The quantitative estimate of drug-likeness (QED) is 0.525. The minimum atomic E-state index is -4.16. The summed E-state index contributed by atoms with van der Waals surface area (Å²) in [5.41, 5.74) is 2.99. The normalized spacial score (nSPS) is 15.9. The van der Waals surface area contributed by atoms with E-state index in [0.717, 1.165) is 5.56 Å². The summed E-state index contributed by atoms with van der Waals surface area (Å²) in [5.74, 6) is 0.393. The van der Waals surface area contributed by atoms with Crippen LogP contribution in [0.5, 0.6) is 5.88 Å². The maximum atomic E-state index is 13.0. The molecule has 0 saturated carbocycles. The molecule has 2 amide bonds. The van der Waals surface area contributed by atoms with E-state index < -0.39 is 28.0 Å². The molecule has 0 unspecified atom stereocenters. The van der Waals surface area contributed by atoms with Crippen molar-refractivity contribution < 1.29 is 32.2 Å². The van der Waals surface area contributed by atoms with Crippen LogP contribution in [-0.2, 0) is 39.3 Å². The Morgan fingerprint density at radius 2 is 1.92 bits per heavy atom. The number of amides is 2. The molecule has 0 bridgehead atoms. The first-order chi connectivity index (χ1) is 17.9. The monoisotopic (exact) mass is 541 g/mol. The molecule has 0 fully saturated rings. The number of aromatic nitrogens is 2. The first-order valence-electron chi connectivity index (χ1n) is 11.9. The van der Waals surface area contributed by atoms with Gasteiger partial charge in [0.05, 0.1) is 18.5 Å². The van der Waals surface area contributed by atoms with E-state index in [0.29, 0.717) is 45.8 Å². The van der Waals surface area contributed by atoms with Crippen molar-refractivity contribution in [2.45, 2.75) is 45.9 Å². The van der Waals surface area contributed by atoms with Crippen LogP contribution in [0.3, 0.4) is 0 Å². The number of anilines is 2. The van der Waals surface area contributed by atoms with Gasteiger partial charge in [0, 0.05) is 36.3 Å². The molecule has 0 aliphatic carbocycles. The fraction of sp³-hybridized carbons (Fsp3) is 0.360. The SMILES string of the molecule is COc1ccc2c3c(cnc2n1)COC(=O)N3c1ccc2c(c1)CN(S(=O)(=O)NC(=O)OC(C)(C)C)CC2. The molecule has 5 rings (SSSR count). The van der Waals surface area contributed by atoms with Crippen molar-refractivity contribution in [2.24, 2.45) is 0 Å². The highest BCUT2D eigenvalue weighted by Crippen LogP contribution is 2.39. The second-order valence-electron chi connectivity index (χ2n) is 9.89. The van der Waals surface area contributed by atoms with Gasteiger partial charge in [-0.15, -0.1) is 0 Å². The molecule has 0 spiro atoms. The van der Waals surface area contributed by atoms with Crippen LogP contribution in [0, 0.1) is 0 Å². The average Bonchev–Trinajstić information content (AvgIpc) is 2.86. The molecule has 0 radical (unpaired) electrons. The third-order valence-electron chi connectivity index (χ3n) is 6.09. The van der Waals surface area contributed by atoms with Crippen molar-refractivity contribution in [3.63, 3.8) is 0 Å². The number of hydrogen-bond donors (Lipinski definition) is 1. The van der Waals surface area contributed by atoms with E-state index in [2.05, 4.69) is 9.97 Å². The first kappa shape index (κ1) is 25.7. The van der Waals surface area contributed by atoms with E-state index in [1.807, 2.05) is 10.8 Å². The molecule has 200 valence electrons. The Labute approximate surface area is 219 Å². The molecule has 2 aromatic heterocycles. The van der Waals surface area contributed by atoms with E-state index in [9.17, 15) is 18.0 Å². The lowest BCUT2D eigenvalue weighted by atomic mass is 9.99. The number of carbonyl (C=O) groups is 2. The fourth-order valence-corrected chi connectivity index (χ4v) is 5.45. The van der Waals surface area contributed by atoms with Gasteiger partial charge in [0.15, 0.2) is 5.65 Å². The van der Waals surface area contributed by atoms with Crippen LogP contribution in [0.2, 0.25) is 0 Å². The summed E-state index contributed by atoms with van der Waals surface area (Å²) in [4.78, 5) is 35.3. The molecule has 1 N–H and O–H groups in total. The second-order valence-corrected chi connectivity index (χ2v) is 11.6. The minimum absolute atomic E-state index is 0.00684. The highest BCUT2D eigenvalue weighted by Gasteiger charge is 2.33. The van der Waals surface area contributed by atoms with E-state index in [1.165, 1.54) is 16.3 Å². The lowest BCUT2D eigenvalue weighted by Gasteiger charge is -2.32. The summed E-state index contributed by atoms with van der Waals surface area (Å²) in [6, 6.07) is 8.89. The van der Waals surface area contributed by atoms with Crippen molar-refractivity contribution in [3.8, 4) is 5.88 Å². The van der Waals surface area contributed by atoms with E-state index >= 15 is 0 Å². The third kappa shape index (κ3) is 4.94. The molecule has 13 heteroatoms. The summed E-state index contributed by atoms with van der Waals surface area (Å²) in [7, 11) is -2.65. The first-order valence-corrected chi connectivity index (χ1v) is 13.3. The Hall–Kier alpha value is -3.97. The van der Waals surface area contributed by atoms with Gasteiger partial charge in [-0.2, -0.15) is 17.7 Å². The Morgan fingerprint density at radius 1 is 1.13 bits per heavy atom. The maximum Gasteiger partial charge on any atom is 0.422 e. The average molecular weight is 542 g/mol. The predicted octanol–water partition coefficient (Wildman–Crippen LogP) is 3.55. The number of hydrogen-bond acceptors (Lipinski definition) is 9. The van der Waals surface area contributed by atoms with Gasteiger partial charge in [0.2, 0.25) is 5.88 Å². The highest BCUT2D eigenvalue weighted by atomic mass is 32.2. The lowest BCUT2D eigenvalue weighted by molar-refractivity contribution is 0.0566. The van der Waals surface area contributed by atoms with Crippen LogP contribution >= 0.6 is 0 Å². The smallest absolute Gasteiger partial charge is 0.422 e. The number of fused-ring (bicyclic) bond motifs is 4. The lowest BCUT2D eigenvalue weighted by Crippen LogP contribution is -2.47. The third-order valence-corrected chi connectivity index (χ3v) is 7.51. The van der Waals surface area contributed by atoms with Crippen molar-refractivity contribution >= 4 is 44.8 Å². The number of rotatable bonds is 4. The van der Waals surface area contributed by atoms with Gasteiger partial charge in [-0.1, -0.05) is 6.07 Å². The standard InChI is InChI=1S/C25H27N5O7S/c1-25(2,3)37-23(31)28-38(33,34)29-10-9-15-5-6-18(11-16(15)13-29)30-21-17(14-36-24(30)32)12-26-22-19(21)7-8-20(27-22)35-4/h5-8,11-12H,9-10,13-14H2,1-4H3,(H,28,31). The summed E-state index contributed by atoms with van der Waals surface area (Å²) in [6.07, 6.45) is 0.421. The Balaban J connectivity index is 1.48. The van der Waals surface area contributed by atoms with Gasteiger partial charge in [0.1, 0.15) is 12.2 Å². The van der Waals surface area contributed by atoms with Crippen LogP contribution in [0.4, 0.5) is 21.0 Å². The molecule has 2 aliphatic rings. The van der Waals surface area contributed by atoms with Crippen LogP contribution in [0.15, 0.2) is 36.5 Å². The van der Waals surface area contributed by atoms with Gasteiger partial charge >= 0.3 is 22.4 Å². The molecular weight excluding hydrogens is 514 g/mol. The molecule has 3 aromatic rings. The van der Waals surface area contributed by atoms with Gasteiger partial charge in [-0.3, -0.25) is 0 Å². The molecule has 12 nitrogen and oxygen atoms in total. The molecule has 2 aliphatic heterocycles. The van der Waals surface area contributed by atoms with Crippen molar-refractivity contribution in [3.05, 3.63) is 53.2 Å². The zero-order valence-electron chi connectivity index (χ0n) is 21.3. The van der Waals surface area contributed by atoms with Crippen molar-refractivity contribution in [1.29, 1.82) is 0 Å². The van der Waals surface area contributed by atoms with E-state index in [1.54, 1.807) is 51.2 Å². The number of pyridine rings is 2. The van der Waals surface area contributed by atoms with Crippen LogP contribution < -0.4 is 14.4 Å². The number of cyclic esters (lactones) is 1. The molecular formula is C25H27N5O7S. The maximum absolute atomic E-state index is 13.0. The van der Waals surface area contributed by atoms with Gasteiger partial charge in [0.25, 0.3) is 0 Å². The fourth-order valence-electron chi connectivity index (χ4n) is 4.43. The molecule has 38 heavy (non-hydrogen) atoms. The number of nitrogens with zero attached hydrogens (tertiary/aromatic N) is 4. The van der Waals surface area contributed by atoms with Crippen molar-refractivity contribution in [1.82, 2.24) is 19.0 Å². The molecule has 0 saturated heterocycles. The number of nitrogens with one attached hydrogen (secondary N) is 1. The van der Waals surface area contributed by atoms with Crippen LogP contribution in [0.25, 0.3) is 11.0 Å². The van der Waals surface area contributed by atoms with Gasteiger partial charge in [-0.25, -0.2) is 24.2 Å². The zero-order valence-corrected chi connectivity index (χ0v) is 22.2. The Bertz CT molecular complexity index is 1550. The van der Waals surface area contributed by atoms with Gasteiger partial charge in [-0.05, 0) is 56.5 Å². The number of benzene rings is 1. The second kappa shape index (κ2) is 9.40. The summed E-state index contributed by atoms with van der Waals surface area (Å²) < 4.78 is 44.6. The van der Waals surface area contributed by atoms with Crippen LogP contribution in [0.1, 0.15) is 37.5 Å². The molecule has 1 aromatic carbocycles. The molecule has 4 heterocycles. The summed E-state index contributed by atoms with van der Waals surface area (Å²) in [5, 5.41) is 0.642. The highest BCUT2D eigenvalue weighted by molar-refractivity contribution is 7.87. The van der Waals surface area contributed by atoms with Crippen LogP contribution in [-0.4, -0.2) is 54.1 Å². The van der Waals surface area contributed by atoms with Crippen molar-refractivity contribution in [2.75, 3.05) is 18.6 Å². The Morgan fingerprint density at radius 3 is 2.66 bits per heavy atom. The zero-order chi connectivity index (χ0) is 27.2. The van der Waals surface area contributed by atoms with E-state index in [-0.39, 0.29) is 19.7 Å². The van der Waals surface area contributed by atoms with Gasteiger partial charge < -0.3 is 14.2 Å². The number of carbonyl (C=O) groups excluding carboxylic acids is 2. The Kier molecular flexibility index (Phi) is 6.35.